The summed E-state index contributed by atoms with van der Waals surface area (Å²) < 4.78 is 14.7. The van der Waals surface area contributed by atoms with Gasteiger partial charge in [0.05, 0.1) is 11.1 Å². The third kappa shape index (κ3) is 7.80. The van der Waals surface area contributed by atoms with E-state index in [0.29, 0.717) is 22.6 Å². The number of hydrogen-bond donors (Lipinski definition) is 0. The van der Waals surface area contributed by atoms with Crippen molar-refractivity contribution >= 4 is 18.1 Å². The molecule has 0 fully saturated rings. The molecular formula is C27H20O6. The topological polar surface area (TPSA) is 78.9 Å². The average Bonchev–Trinajstić information content (AvgIpc) is 2.86. The Morgan fingerprint density at radius 1 is 0.424 bits per heavy atom. The lowest BCUT2D eigenvalue weighted by molar-refractivity contribution is 0.0397. The molecule has 0 aromatic heterocycles. The molecule has 0 aliphatic carbocycles. The highest BCUT2D eigenvalue weighted by atomic mass is 16.7. The number of esters is 2. The van der Waals surface area contributed by atoms with E-state index in [1.54, 1.807) is 109 Å². The maximum atomic E-state index is 11.6. The van der Waals surface area contributed by atoms with Gasteiger partial charge >= 0.3 is 18.1 Å². The van der Waals surface area contributed by atoms with Crippen molar-refractivity contribution in [1.29, 1.82) is 0 Å². The van der Waals surface area contributed by atoms with E-state index in [4.69, 9.17) is 14.2 Å². The first-order chi connectivity index (χ1) is 16.1. The van der Waals surface area contributed by atoms with Crippen LogP contribution in [0.15, 0.2) is 121 Å². The maximum Gasteiger partial charge on any atom is 0.519 e. The van der Waals surface area contributed by atoms with E-state index in [9.17, 15) is 14.4 Å². The molecule has 0 unspecified atom stereocenters. The Labute approximate surface area is 191 Å². The predicted molar refractivity (Wildman–Crippen MR) is 122 cm³/mol. The number of para-hydroxylation sites is 2. The SMILES string of the molecule is O=C(OC(=O)c1ccccc1)c1ccccc1.O=C(Oc1ccccc1)Oc1ccccc1. The largest absolute Gasteiger partial charge is 0.519 e. The van der Waals surface area contributed by atoms with E-state index in [1.807, 2.05) is 12.1 Å². The van der Waals surface area contributed by atoms with Crippen LogP contribution in [0.5, 0.6) is 11.5 Å². The lowest BCUT2D eigenvalue weighted by Crippen LogP contribution is -2.13. The zero-order chi connectivity index (χ0) is 23.3. The second-order valence-electron chi connectivity index (χ2n) is 6.49. The molecule has 0 heterocycles. The minimum absolute atomic E-state index is 0.358. The van der Waals surface area contributed by atoms with Gasteiger partial charge in [0.25, 0.3) is 0 Å². The van der Waals surface area contributed by atoms with Crippen molar-refractivity contribution in [2.75, 3.05) is 0 Å². The Morgan fingerprint density at radius 3 is 1.06 bits per heavy atom. The Bertz CT molecular complexity index is 1070. The second-order valence-corrected chi connectivity index (χ2v) is 6.49. The van der Waals surface area contributed by atoms with E-state index < -0.39 is 18.1 Å². The average molecular weight is 440 g/mol. The summed E-state index contributed by atoms with van der Waals surface area (Å²) in [5, 5.41) is 0. The van der Waals surface area contributed by atoms with Gasteiger partial charge < -0.3 is 14.2 Å². The molecule has 0 aliphatic rings. The zero-order valence-corrected chi connectivity index (χ0v) is 17.5. The molecule has 0 N–H and O–H groups in total. The van der Waals surface area contributed by atoms with E-state index in [2.05, 4.69) is 0 Å². The van der Waals surface area contributed by atoms with Gasteiger partial charge in [-0.3, -0.25) is 0 Å². The second kappa shape index (κ2) is 12.2. The Kier molecular flexibility index (Phi) is 8.50. The molecule has 6 heteroatoms. The van der Waals surface area contributed by atoms with Gasteiger partial charge in [-0.25, -0.2) is 14.4 Å². The predicted octanol–water partition coefficient (Wildman–Crippen LogP) is 5.95. The fourth-order valence-corrected chi connectivity index (χ4v) is 2.54. The van der Waals surface area contributed by atoms with Crippen LogP contribution in [0.3, 0.4) is 0 Å². The lowest BCUT2D eigenvalue weighted by Gasteiger charge is -2.04. The van der Waals surface area contributed by atoms with Crippen LogP contribution in [0.1, 0.15) is 20.7 Å². The molecular weight excluding hydrogens is 420 g/mol. The highest BCUT2D eigenvalue weighted by Crippen LogP contribution is 2.13. The minimum Gasteiger partial charge on any atom is -0.395 e. The van der Waals surface area contributed by atoms with Gasteiger partial charge in [0.2, 0.25) is 0 Å². The molecule has 33 heavy (non-hydrogen) atoms. The van der Waals surface area contributed by atoms with Crippen molar-refractivity contribution in [3.63, 3.8) is 0 Å². The highest BCUT2D eigenvalue weighted by molar-refractivity contribution is 6.02. The molecule has 4 aromatic carbocycles. The third-order valence-electron chi connectivity index (χ3n) is 4.09. The fourth-order valence-electron chi connectivity index (χ4n) is 2.54. The number of carbonyl (C=O) groups is 3. The molecule has 0 atom stereocenters. The fraction of sp³-hybridized carbons (Fsp3) is 0. The van der Waals surface area contributed by atoms with Crippen LogP contribution in [0.4, 0.5) is 4.79 Å². The van der Waals surface area contributed by atoms with Crippen LogP contribution >= 0.6 is 0 Å². The standard InChI is InChI=1S/C14H10O3.C13H10O3/c15-13(11-7-3-1-4-8-11)17-14(16)12-9-5-2-6-10-12;14-13(15-11-7-3-1-4-8-11)16-12-9-5-2-6-10-12/h1-10H;1-10H. The summed E-state index contributed by atoms with van der Waals surface area (Å²) in [6, 6.07) is 34.4. The molecule has 0 aliphatic heterocycles. The van der Waals surface area contributed by atoms with Crippen molar-refractivity contribution in [1.82, 2.24) is 0 Å². The minimum atomic E-state index is -0.739. The molecule has 4 rings (SSSR count). The van der Waals surface area contributed by atoms with Crippen LogP contribution in [-0.4, -0.2) is 18.1 Å². The number of rotatable bonds is 4. The quantitative estimate of drug-likeness (QED) is 0.222. The normalized spacial score (nSPS) is 9.58. The summed E-state index contributed by atoms with van der Waals surface area (Å²) >= 11 is 0. The Hall–Kier alpha value is -4.71. The first kappa shape index (κ1) is 23.0. The van der Waals surface area contributed by atoms with Crippen molar-refractivity contribution in [3.05, 3.63) is 132 Å². The van der Waals surface area contributed by atoms with Gasteiger partial charge in [0, 0.05) is 0 Å². The van der Waals surface area contributed by atoms with Gasteiger partial charge in [-0.15, -0.1) is 0 Å². The van der Waals surface area contributed by atoms with Crippen molar-refractivity contribution in [2.24, 2.45) is 0 Å². The van der Waals surface area contributed by atoms with E-state index in [1.165, 1.54) is 0 Å². The molecule has 0 saturated carbocycles. The summed E-state index contributed by atoms with van der Waals surface area (Å²) in [7, 11) is 0. The molecule has 0 bridgehead atoms. The van der Waals surface area contributed by atoms with Crippen molar-refractivity contribution < 1.29 is 28.6 Å². The maximum absolute atomic E-state index is 11.6. The summed E-state index contributed by atoms with van der Waals surface area (Å²) in [5.74, 6) is -0.356. The summed E-state index contributed by atoms with van der Waals surface area (Å²) in [4.78, 5) is 34.5. The molecule has 0 spiro atoms. The van der Waals surface area contributed by atoms with Gasteiger partial charge in [-0.2, -0.15) is 0 Å². The highest BCUT2D eigenvalue weighted by Gasteiger charge is 2.13. The third-order valence-corrected chi connectivity index (χ3v) is 4.09. The van der Waals surface area contributed by atoms with Crippen molar-refractivity contribution in [3.8, 4) is 11.5 Å². The van der Waals surface area contributed by atoms with Crippen LogP contribution in [0, 0.1) is 0 Å². The van der Waals surface area contributed by atoms with Gasteiger partial charge in [-0.05, 0) is 48.5 Å². The Morgan fingerprint density at radius 2 is 0.727 bits per heavy atom. The Balaban J connectivity index is 0.000000186. The molecule has 0 radical (unpaired) electrons. The summed E-state index contributed by atoms with van der Waals surface area (Å²) in [6.45, 7) is 0. The number of benzene rings is 4. The first-order valence-corrected chi connectivity index (χ1v) is 9.98. The first-order valence-electron chi connectivity index (χ1n) is 9.98. The number of ether oxygens (including phenoxy) is 3. The smallest absolute Gasteiger partial charge is 0.395 e. The van der Waals surface area contributed by atoms with E-state index in [-0.39, 0.29) is 0 Å². The van der Waals surface area contributed by atoms with Crippen molar-refractivity contribution in [2.45, 2.75) is 0 Å². The van der Waals surface area contributed by atoms with Crippen LogP contribution < -0.4 is 9.47 Å². The summed E-state index contributed by atoms with van der Waals surface area (Å²) in [6.07, 6.45) is -0.739. The van der Waals surface area contributed by atoms with Gasteiger partial charge in [-0.1, -0.05) is 72.8 Å². The molecule has 6 nitrogen and oxygen atoms in total. The van der Waals surface area contributed by atoms with Gasteiger partial charge in [0.1, 0.15) is 11.5 Å². The lowest BCUT2D eigenvalue weighted by atomic mass is 10.2. The molecule has 4 aromatic rings. The van der Waals surface area contributed by atoms with Crippen LogP contribution in [-0.2, 0) is 4.74 Å². The van der Waals surface area contributed by atoms with Crippen LogP contribution in [0.25, 0.3) is 0 Å². The summed E-state index contributed by atoms with van der Waals surface area (Å²) in [5.41, 5.74) is 0.716. The molecule has 0 saturated heterocycles. The number of carbonyl (C=O) groups excluding carboxylic acids is 3. The van der Waals surface area contributed by atoms with E-state index in [0.717, 1.165) is 0 Å². The molecule has 0 amide bonds. The van der Waals surface area contributed by atoms with Crippen LogP contribution in [0.2, 0.25) is 0 Å². The monoisotopic (exact) mass is 440 g/mol. The molecule has 164 valence electrons. The zero-order valence-electron chi connectivity index (χ0n) is 17.5. The van der Waals surface area contributed by atoms with Gasteiger partial charge in [0.15, 0.2) is 0 Å². The van der Waals surface area contributed by atoms with E-state index >= 15 is 0 Å². The number of hydrogen-bond acceptors (Lipinski definition) is 6.